The van der Waals surface area contributed by atoms with Crippen LogP contribution in [0.5, 0.6) is 0 Å². The monoisotopic (exact) mass is 367 g/mol. The highest BCUT2D eigenvalue weighted by molar-refractivity contribution is 9.10. The molecule has 2 aromatic carbocycles. The van der Waals surface area contributed by atoms with Crippen molar-refractivity contribution < 1.29 is 0 Å². The Kier molecular flexibility index (Phi) is 4.41. The molecule has 0 aromatic heterocycles. The Bertz CT molecular complexity index is 607. The highest BCUT2D eigenvalue weighted by Crippen LogP contribution is 2.38. The van der Waals surface area contributed by atoms with Gasteiger partial charge in [0.15, 0.2) is 0 Å². The number of halogens is 2. The van der Waals surface area contributed by atoms with Crippen LogP contribution in [0.1, 0.15) is 11.1 Å². The van der Waals surface area contributed by atoms with Gasteiger partial charge in [0, 0.05) is 25.7 Å². The third-order valence-corrected chi connectivity index (χ3v) is 5.94. The normalized spacial score (nSPS) is 18.9. The van der Waals surface area contributed by atoms with Crippen LogP contribution in [-0.2, 0) is 12.8 Å². The molecule has 2 N–H and O–H groups in total. The Morgan fingerprint density at radius 1 is 1.30 bits per heavy atom. The van der Waals surface area contributed by atoms with Crippen LogP contribution in [0.25, 0.3) is 0 Å². The topological polar surface area (TPSA) is 26.0 Å². The minimum Gasteiger partial charge on any atom is -0.326 e. The summed E-state index contributed by atoms with van der Waals surface area (Å²) < 4.78 is 1.00. The van der Waals surface area contributed by atoms with Gasteiger partial charge in [-0.15, -0.1) is 11.8 Å². The van der Waals surface area contributed by atoms with Gasteiger partial charge >= 0.3 is 0 Å². The molecular formula is C16H15BrClNS. The molecule has 1 heterocycles. The molecule has 2 unspecified atom stereocenters. The van der Waals surface area contributed by atoms with Gasteiger partial charge < -0.3 is 5.73 Å². The maximum absolute atomic E-state index is 6.41. The lowest BCUT2D eigenvalue weighted by Gasteiger charge is -2.19. The highest BCUT2D eigenvalue weighted by atomic mass is 79.9. The molecule has 0 bridgehead atoms. The van der Waals surface area contributed by atoms with E-state index in [2.05, 4.69) is 46.3 Å². The fourth-order valence-corrected chi connectivity index (χ4v) is 4.59. The van der Waals surface area contributed by atoms with Gasteiger partial charge in [-0.05, 0) is 42.2 Å². The summed E-state index contributed by atoms with van der Waals surface area (Å²) in [5, 5.41) is 1.22. The van der Waals surface area contributed by atoms with E-state index in [0.29, 0.717) is 5.25 Å². The lowest BCUT2D eigenvalue weighted by molar-refractivity contribution is 0.632. The number of fused-ring (bicyclic) bond motifs is 1. The zero-order valence-electron chi connectivity index (χ0n) is 10.9. The molecule has 0 aliphatic carbocycles. The summed E-state index contributed by atoms with van der Waals surface area (Å²) in [6, 6.07) is 14.7. The van der Waals surface area contributed by atoms with Gasteiger partial charge in [-0.3, -0.25) is 0 Å². The first-order valence-corrected chi connectivity index (χ1v) is 8.62. The predicted molar refractivity (Wildman–Crippen MR) is 90.6 cm³/mol. The summed E-state index contributed by atoms with van der Waals surface area (Å²) in [5.74, 6) is 0. The number of hydrogen-bond acceptors (Lipinski definition) is 2. The summed E-state index contributed by atoms with van der Waals surface area (Å²) in [6.45, 7) is 0. The van der Waals surface area contributed by atoms with Gasteiger partial charge in [-0.2, -0.15) is 0 Å². The van der Waals surface area contributed by atoms with Crippen molar-refractivity contribution in [2.75, 3.05) is 0 Å². The number of hydrogen-bond donors (Lipinski definition) is 1. The van der Waals surface area contributed by atoms with Crippen molar-refractivity contribution in [3.8, 4) is 0 Å². The lowest BCUT2D eigenvalue weighted by Crippen LogP contribution is -2.34. The second-order valence-electron chi connectivity index (χ2n) is 5.07. The molecule has 1 aliphatic rings. The largest absolute Gasteiger partial charge is 0.326 e. The molecule has 0 saturated carbocycles. The summed E-state index contributed by atoms with van der Waals surface area (Å²) in [5.41, 5.74) is 8.95. The van der Waals surface area contributed by atoms with Crippen molar-refractivity contribution in [1.29, 1.82) is 0 Å². The summed E-state index contributed by atoms with van der Waals surface area (Å²) in [4.78, 5) is 1.37. The average molecular weight is 369 g/mol. The minimum absolute atomic E-state index is 0.117. The van der Waals surface area contributed by atoms with Crippen LogP contribution in [0, 0.1) is 0 Å². The summed E-state index contributed by atoms with van der Waals surface area (Å²) in [6.07, 6.45) is 1.87. The van der Waals surface area contributed by atoms with Gasteiger partial charge in [0.25, 0.3) is 0 Å². The van der Waals surface area contributed by atoms with Gasteiger partial charge in [-0.25, -0.2) is 0 Å². The first-order chi connectivity index (χ1) is 9.63. The first-order valence-electron chi connectivity index (χ1n) is 6.57. The van der Waals surface area contributed by atoms with Crippen LogP contribution in [0.3, 0.4) is 0 Å². The lowest BCUT2D eigenvalue weighted by atomic mass is 9.99. The van der Waals surface area contributed by atoms with E-state index in [0.717, 1.165) is 27.9 Å². The smallest absolute Gasteiger partial charge is 0.0449 e. The van der Waals surface area contributed by atoms with Gasteiger partial charge in [0.1, 0.15) is 0 Å². The molecule has 4 heteroatoms. The molecule has 2 aromatic rings. The van der Waals surface area contributed by atoms with Crippen molar-refractivity contribution in [2.24, 2.45) is 5.73 Å². The van der Waals surface area contributed by atoms with Crippen molar-refractivity contribution >= 4 is 39.3 Å². The minimum atomic E-state index is 0.117. The summed E-state index contributed by atoms with van der Waals surface area (Å²) in [7, 11) is 0. The molecule has 0 amide bonds. The van der Waals surface area contributed by atoms with Crippen molar-refractivity contribution in [2.45, 2.75) is 29.0 Å². The molecule has 0 spiro atoms. The molecule has 1 nitrogen and oxygen atoms in total. The Hall–Kier alpha value is -0.480. The van der Waals surface area contributed by atoms with Gasteiger partial charge in [0.05, 0.1) is 0 Å². The number of rotatable bonds is 3. The number of nitrogens with two attached hydrogens (primary N) is 1. The van der Waals surface area contributed by atoms with Crippen LogP contribution < -0.4 is 5.73 Å². The Balaban J connectivity index is 1.70. The quantitative estimate of drug-likeness (QED) is 0.850. The highest BCUT2D eigenvalue weighted by Gasteiger charge is 2.27. The molecule has 0 radical (unpaired) electrons. The van der Waals surface area contributed by atoms with E-state index in [1.54, 1.807) is 0 Å². The van der Waals surface area contributed by atoms with Crippen molar-refractivity contribution in [3.05, 3.63) is 63.1 Å². The van der Waals surface area contributed by atoms with Crippen LogP contribution in [0.4, 0.5) is 0 Å². The Morgan fingerprint density at radius 3 is 2.85 bits per heavy atom. The van der Waals surface area contributed by atoms with E-state index in [-0.39, 0.29) is 6.04 Å². The second kappa shape index (κ2) is 6.10. The Labute approximate surface area is 137 Å². The van der Waals surface area contributed by atoms with E-state index in [4.69, 9.17) is 17.3 Å². The van der Waals surface area contributed by atoms with E-state index in [1.807, 2.05) is 23.9 Å². The molecule has 0 saturated heterocycles. The molecule has 3 rings (SSSR count). The standard InChI is InChI=1S/C16H15BrClNS/c17-12-6-5-10(13(18)9-12)7-14(19)16-8-11-3-1-2-4-15(11)20-16/h1-6,9,14,16H,7-8,19H2. The third kappa shape index (κ3) is 3.06. The molecule has 20 heavy (non-hydrogen) atoms. The fraction of sp³-hybridized carbons (Fsp3) is 0.250. The zero-order chi connectivity index (χ0) is 14.1. The maximum Gasteiger partial charge on any atom is 0.0449 e. The second-order valence-corrected chi connectivity index (χ2v) is 7.68. The number of thioether (sulfide) groups is 1. The SMILES string of the molecule is NC(Cc1ccc(Br)cc1Cl)C1Cc2ccccc2S1. The van der Waals surface area contributed by atoms with Crippen molar-refractivity contribution in [1.82, 2.24) is 0 Å². The predicted octanol–water partition coefficient (Wildman–Crippen LogP) is 4.69. The van der Waals surface area contributed by atoms with Crippen LogP contribution in [0.15, 0.2) is 51.8 Å². The molecule has 0 fully saturated rings. The van der Waals surface area contributed by atoms with E-state index in [1.165, 1.54) is 10.5 Å². The zero-order valence-corrected chi connectivity index (χ0v) is 14.0. The molecular weight excluding hydrogens is 354 g/mol. The van der Waals surface area contributed by atoms with Crippen LogP contribution >= 0.6 is 39.3 Å². The summed E-state index contributed by atoms with van der Waals surface area (Å²) >= 11 is 11.6. The van der Waals surface area contributed by atoms with Gasteiger partial charge in [-0.1, -0.05) is 51.8 Å². The fourth-order valence-electron chi connectivity index (χ4n) is 2.52. The van der Waals surface area contributed by atoms with Crippen LogP contribution in [0.2, 0.25) is 5.02 Å². The third-order valence-electron chi connectivity index (χ3n) is 3.62. The number of benzene rings is 2. The van der Waals surface area contributed by atoms with E-state index in [9.17, 15) is 0 Å². The molecule has 1 aliphatic heterocycles. The van der Waals surface area contributed by atoms with Crippen molar-refractivity contribution in [3.63, 3.8) is 0 Å². The molecule has 2 atom stereocenters. The first kappa shape index (κ1) is 14.5. The van der Waals surface area contributed by atoms with E-state index < -0.39 is 0 Å². The van der Waals surface area contributed by atoms with Crippen LogP contribution in [-0.4, -0.2) is 11.3 Å². The molecule has 104 valence electrons. The average Bonchev–Trinajstić information content (AvgIpc) is 2.86. The Morgan fingerprint density at radius 2 is 2.10 bits per heavy atom. The van der Waals surface area contributed by atoms with E-state index >= 15 is 0 Å². The van der Waals surface area contributed by atoms with Gasteiger partial charge in [0.2, 0.25) is 0 Å². The maximum atomic E-state index is 6.41.